The molecule has 0 amide bonds. The minimum atomic E-state index is 0.879. The Labute approximate surface area is 121 Å². The van der Waals surface area contributed by atoms with E-state index in [0.717, 1.165) is 17.8 Å². The van der Waals surface area contributed by atoms with E-state index in [0.29, 0.717) is 0 Å². The van der Waals surface area contributed by atoms with Crippen molar-refractivity contribution in [1.82, 2.24) is 0 Å². The Balaban J connectivity index is 2.35. The normalized spacial score (nSPS) is 14.8. The first kappa shape index (κ1) is 10.8. The van der Waals surface area contributed by atoms with Gasteiger partial charge in [0.15, 0.2) is 0 Å². The van der Waals surface area contributed by atoms with E-state index in [9.17, 15) is 0 Å². The molecule has 0 aliphatic heterocycles. The van der Waals surface area contributed by atoms with Crippen LogP contribution >= 0.6 is 45.2 Å². The summed E-state index contributed by atoms with van der Waals surface area (Å²) in [5, 5.41) is 1.22. The molecular formula is C13H8I2O. The van der Waals surface area contributed by atoms with E-state index < -0.39 is 0 Å². The van der Waals surface area contributed by atoms with Crippen LogP contribution in [0.3, 0.4) is 0 Å². The molecule has 1 aliphatic rings. The minimum absolute atomic E-state index is 0.879. The number of hydrogen-bond donors (Lipinski definition) is 0. The van der Waals surface area contributed by atoms with Crippen LogP contribution in [-0.4, -0.2) is 0 Å². The van der Waals surface area contributed by atoms with E-state index in [1.807, 2.05) is 0 Å². The Kier molecular flexibility index (Phi) is 2.83. The lowest BCUT2D eigenvalue weighted by Gasteiger charge is -1.93. The average molecular weight is 434 g/mol. The highest BCUT2D eigenvalue weighted by molar-refractivity contribution is 14.1. The monoisotopic (exact) mass is 434 g/mol. The van der Waals surface area contributed by atoms with Crippen LogP contribution in [-0.2, 0) is 6.42 Å². The van der Waals surface area contributed by atoms with Gasteiger partial charge in [0.1, 0.15) is 11.3 Å². The predicted molar refractivity (Wildman–Crippen MR) is 83.8 cm³/mol. The summed E-state index contributed by atoms with van der Waals surface area (Å²) in [4.78, 5) is 0. The molecule has 1 heterocycles. The zero-order valence-electron chi connectivity index (χ0n) is 8.34. The maximum Gasteiger partial charge on any atom is 0.135 e. The van der Waals surface area contributed by atoms with Gasteiger partial charge in [-0.2, -0.15) is 0 Å². The van der Waals surface area contributed by atoms with Crippen LogP contribution in [0.1, 0.15) is 11.3 Å². The first-order chi connectivity index (χ1) is 7.74. The lowest BCUT2D eigenvalue weighted by atomic mass is 10.1. The topological polar surface area (TPSA) is 13.1 Å². The number of fused-ring (bicyclic) bond motifs is 3. The molecule has 80 valence electrons. The van der Waals surface area contributed by atoms with Gasteiger partial charge in [0, 0.05) is 24.5 Å². The third kappa shape index (κ3) is 1.84. The summed E-state index contributed by atoms with van der Waals surface area (Å²) in [6, 6.07) is 6.32. The fraction of sp³-hybridized carbons (Fsp3) is 0.0769. The lowest BCUT2D eigenvalue weighted by molar-refractivity contribution is 0.564. The Morgan fingerprint density at radius 3 is 2.94 bits per heavy atom. The molecule has 0 bridgehead atoms. The zero-order chi connectivity index (χ0) is 11.1. The van der Waals surface area contributed by atoms with E-state index in [2.05, 4.69) is 81.6 Å². The molecule has 0 spiro atoms. The fourth-order valence-corrected chi connectivity index (χ4v) is 2.97. The molecule has 2 aromatic rings. The second-order valence-corrected chi connectivity index (χ2v) is 6.21. The molecule has 1 aromatic heterocycles. The molecule has 16 heavy (non-hydrogen) atoms. The molecule has 1 aromatic carbocycles. The van der Waals surface area contributed by atoms with Crippen LogP contribution in [0.5, 0.6) is 0 Å². The van der Waals surface area contributed by atoms with Gasteiger partial charge in [0.2, 0.25) is 0 Å². The first-order valence-corrected chi connectivity index (χ1v) is 7.14. The predicted octanol–water partition coefficient (Wildman–Crippen LogP) is 4.93. The van der Waals surface area contributed by atoms with Gasteiger partial charge in [0.25, 0.3) is 0 Å². The van der Waals surface area contributed by atoms with Crippen molar-refractivity contribution in [3.05, 3.63) is 48.8 Å². The molecule has 0 atom stereocenters. The van der Waals surface area contributed by atoms with Crippen molar-refractivity contribution in [2.75, 3.05) is 0 Å². The standard InChI is InChI=1S/C13H8I2O/c14-8-2-1-3-12-10(6-8)11-7-9(15)4-5-13(11)16-12/h1-2,4-7H,3H2. The maximum absolute atomic E-state index is 5.87. The first-order valence-electron chi connectivity index (χ1n) is 4.99. The molecule has 3 rings (SSSR count). The molecule has 0 saturated heterocycles. The molecular weight excluding hydrogens is 426 g/mol. The van der Waals surface area contributed by atoms with Crippen LogP contribution in [0, 0.1) is 3.57 Å². The highest BCUT2D eigenvalue weighted by atomic mass is 127. The summed E-state index contributed by atoms with van der Waals surface area (Å²) >= 11 is 4.68. The van der Waals surface area contributed by atoms with Crippen molar-refractivity contribution in [1.29, 1.82) is 0 Å². The Morgan fingerprint density at radius 1 is 1.19 bits per heavy atom. The summed E-state index contributed by atoms with van der Waals surface area (Å²) < 4.78 is 8.36. The number of furan rings is 1. The molecule has 1 aliphatic carbocycles. The number of rotatable bonds is 0. The average Bonchev–Trinajstić information content (AvgIpc) is 2.47. The molecule has 0 N–H and O–H groups in total. The maximum atomic E-state index is 5.87. The van der Waals surface area contributed by atoms with Gasteiger partial charge in [0.05, 0.1) is 0 Å². The quantitative estimate of drug-likeness (QED) is 0.537. The lowest BCUT2D eigenvalue weighted by Crippen LogP contribution is -1.78. The largest absolute Gasteiger partial charge is 0.460 e. The number of halogens is 2. The summed E-state index contributed by atoms with van der Waals surface area (Å²) in [6.45, 7) is 0. The van der Waals surface area contributed by atoms with Gasteiger partial charge in [-0.15, -0.1) is 0 Å². The van der Waals surface area contributed by atoms with Crippen LogP contribution in [0.25, 0.3) is 17.0 Å². The van der Waals surface area contributed by atoms with E-state index in [1.165, 1.54) is 18.1 Å². The van der Waals surface area contributed by atoms with Crippen molar-refractivity contribution in [3.8, 4) is 0 Å². The van der Waals surface area contributed by atoms with Crippen molar-refractivity contribution in [2.24, 2.45) is 0 Å². The Bertz CT molecular complexity index is 620. The third-order valence-corrected chi connectivity index (χ3v) is 3.97. The molecule has 0 unspecified atom stereocenters. The van der Waals surface area contributed by atoms with E-state index >= 15 is 0 Å². The van der Waals surface area contributed by atoms with Crippen LogP contribution < -0.4 is 0 Å². The van der Waals surface area contributed by atoms with Gasteiger partial charge in [-0.1, -0.05) is 12.2 Å². The molecule has 0 radical (unpaired) electrons. The summed E-state index contributed by atoms with van der Waals surface area (Å²) in [5.41, 5.74) is 2.23. The van der Waals surface area contributed by atoms with E-state index in [-0.39, 0.29) is 0 Å². The number of allylic oxidation sites excluding steroid dienone is 3. The van der Waals surface area contributed by atoms with Gasteiger partial charge in [-0.05, 0) is 69.5 Å². The van der Waals surface area contributed by atoms with Gasteiger partial charge in [-0.25, -0.2) is 0 Å². The Morgan fingerprint density at radius 2 is 2.06 bits per heavy atom. The van der Waals surface area contributed by atoms with E-state index in [1.54, 1.807) is 0 Å². The van der Waals surface area contributed by atoms with Crippen LogP contribution in [0.2, 0.25) is 0 Å². The van der Waals surface area contributed by atoms with Gasteiger partial charge >= 0.3 is 0 Å². The number of benzene rings is 1. The van der Waals surface area contributed by atoms with Crippen molar-refractivity contribution >= 4 is 62.2 Å². The zero-order valence-corrected chi connectivity index (χ0v) is 12.7. The molecule has 3 heteroatoms. The highest BCUT2D eigenvalue weighted by Crippen LogP contribution is 2.32. The molecule has 0 saturated carbocycles. The Hall–Kier alpha value is -0.300. The highest BCUT2D eigenvalue weighted by Gasteiger charge is 2.13. The SMILES string of the molecule is IC1=Cc2c(oc3ccc(I)cc23)CC=C1. The van der Waals surface area contributed by atoms with Gasteiger partial charge < -0.3 is 4.42 Å². The van der Waals surface area contributed by atoms with Gasteiger partial charge in [-0.3, -0.25) is 0 Å². The third-order valence-electron chi connectivity index (χ3n) is 2.63. The molecule has 0 fully saturated rings. The summed E-state index contributed by atoms with van der Waals surface area (Å²) in [6.07, 6.45) is 7.36. The fourth-order valence-electron chi connectivity index (χ4n) is 1.91. The minimum Gasteiger partial charge on any atom is -0.460 e. The van der Waals surface area contributed by atoms with Crippen LogP contribution in [0.4, 0.5) is 0 Å². The van der Waals surface area contributed by atoms with Crippen molar-refractivity contribution in [3.63, 3.8) is 0 Å². The summed E-state index contributed by atoms with van der Waals surface area (Å²) in [5.74, 6) is 1.07. The van der Waals surface area contributed by atoms with Crippen LogP contribution in [0.15, 0.2) is 38.3 Å². The second-order valence-electron chi connectivity index (χ2n) is 3.72. The molecule has 1 nitrogen and oxygen atoms in total. The van der Waals surface area contributed by atoms with Crippen molar-refractivity contribution in [2.45, 2.75) is 6.42 Å². The van der Waals surface area contributed by atoms with Crippen molar-refractivity contribution < 1.29 is 4.42 Å². The second kappa shape index (κ2) is 4.18. The smallest absolute Gasteiger partial charge is 0.135 e. The number of hydrogen-bond acceptors (Lipinski definition) is 1. The van der Waals surface area contributed by atoms with E-state index in [4.69, 9.17) is 4.42 Å². The summed E-state index contributed by atoms with van der Waals surface area (Å²) in [7, 11) is 0.